The number of anilines is 3. The van der Waals surface area contributed by atoms with Crippen LogP contribution >= 0.6 is 0 Å². The van der Waals surface area contributed by atoms with E-state index >= 15 is 0 Å². The summed E-state index contributed by atoms with van der Waals surface area (Å²) in [5.74, 6) is 1.70. The SMILES string of the molecule is Cc1ccc(N(c2ccc3c(c2)Oc2cccc4c2c-3cc2c3ccccc3c(B(c3ccc5c(c3)C(C)(C)c3ccccc3-5)c3ccccc3-c3ccccc3)cc42)c2ccc3c(c2)C(C)(C)c2ccccc2-3)c(-c2ccccc2)c1. The van der Waals surface area contributed by atoms with Crippen molar-refractivity contribution < 1.29 is 4.74 Å². The fraction of sp³-hybridized carbons (Fsp3) is 0.0886. The highest BCUT2D eigenvalue weighted by Crippen LogP contribution is 2.55. The summed E-state index contributed by atoms with van der Waals surface area (Å²) >= 11 is 0. The highest BCUT2D eigenvalue weighted by atomic mass is 16.5. The first-order valence-electron chi connectivity index (χ1n) is 28.9. The first-order valence-corrected chi connectivity index (χ1v) is 28.9. The van der Waals surface area contributed by atoms with E-state index in [9.17, 15) is 0 Å². The van der Waals surface area contributed by atoms with Gasteiger partial charge in [-0.3, -0.25) is 0 Å². The van der Waals surface area contributed by atoms with Crippen molar-refractivity contribution in [1.82, 2.24) is 0 Å². The van der Waals surface area contributed by atoms with Crippen LogP contribution in [0.1, 0.15) is 55.5 Å². The molecule has 0 fully saturated rings. The van der Waals surface area contributed by atoms with Crippen LogP contribution < -0.4 is 26.0 Å². The van der Waals surface area contributed by atoms with Crippen LogP contribution in [0.15, 0.2) is 261 Å². The van der Waals surface area contributed by atoms with Crippen molar-refractivity contribution in [3.8, 4) is 67.1 Å². The zero-order chi connectivity index (χ0) is 55.0. The summed E-state index contributed by atoms with van der Waals surface area (Å²) in [6.45, 7) is 11.6. The van der Waals surface area contributed by atoms with E-state index in [1.165, 1.54) is 121 Å². The summed E-state index contributed by atoms with van der Waals surface area (Å²) in [5.41, 5.74) is 25.8. The number of nitrogens with zero attached hydrogens (tertiary/aromatic N) is 1. The highest BCUT2D eigenvalue weighted by Gasteiger charge is 2.39. The number of benzene rings is 13. The van der Waals surface area contributed by atoms with Crippen LogP contribution in [0.2, 0.25) is 0 Å². The molecule has 82 heavy (non-hydrogen) atoms. The monoisotopic (exact) mass is 1050 g/mol. The molecule has 3 aliphatic rings. The zero-order valence-corrected chi connectivity index (χ0v) is 46.8. The molecule has 13 aromatic carbocycles. The molecule has 388 valence electrons. The van der Waals surface area contributed by atoms with E-state index in [4.69, 9.17) is 4.74 Å². The number of hydrogen-bond donors (Lipinski definition) is 0. The third-order valence-electron chi connectivity index (χ3n) is 18.6. The normalized spacial score (nSPS) is 13.7. The van der Waals surface area contributed by atoms with Gasteiger partial charge < -0.3 is 9.64 Å². The van der Waals surface area contributed by atoms with Crippen LogP contribution in [-0.4, -0.2) is 6.71 Å². The van der Waals surface area contributed by atoms with E-state index in [1.54, 1.807) is 0 Å². The maximum Gasteiger partial charge on any atom is 0.242 e. The van der Waals surface area contributed by atoms with Crippen molar-refractivity contribution in [3.05, 3.63) is 289 Å². The zero-order valence-electron chi connectivity index (χ0n) is 46.8. The molecule has 0 atom stereocenters. The first-order chi connectivity index (χ1) is 40.1. The number of rotatable bonds is 8. The minimum Gasteiger partial charge on any atom is -0.456 e. The molecule has 0 unspecified atom stereocenters. The molecule has 0 spiro atoms. The molecule has 2 nitrogen and oxygen atoms in total. The third kappa shape index (κ3) is 7.22. The van der Waals surface area contributed by atoms with E-state index in [1.807, 2.05) is 0 Å². The lowest BCUT2D eigenvalue weighted by Crippen LogP contribution is -2.53. The molecule has 0 amide bonds. The van der Waals surface area contributed by atoms with Gasteiger partial charge in [0.1, 0.15) is 11.5 Å². The van der Waals surface area contributed by atoms with E-state index in [0.29, 0.717) is 0 Å². The van der Waals surface area contributed by atoms with E-state index in [0.717, 1.165) is 39.5 Å². The Bertz CT molecular complexity index is 4800. The Kier molecular flexibility index (Phi) is 10.7. The van der Waals surface area contributed by atoms with Crippen molar-refractivity contribution in [2.24, 2.45) is 0 Å². The maximum atomic E-state index is 7.28. The average Bonchev–Trinajstić information content (AvgIpc) is 2.53. The number of fused-ring (bicyclic) bond motifs is 12. The number of hydrogen-bond acceptors (Lipinski definition) is 2. The van der Waals surface area contributed by atoms with Crippen molar-refractivity contribution in [1.29, 1.82) is 0 Å². The Labute approximate surface area is 480 Å². The summed E-state index contributed by atoms with van der Waals surface area (Å²) in [6, 6.07) is 97.6. The Hall–Kier alpha value is -9.70. The number of ether oxygens (including phenoxy) is 1. The van der Waals surface area contributed by atoms with Crippen LogP contribution in [0.5, 0.6) is 11.5 Å². The van der Waals surface area contributed by atoms with Crippen LogP contribution in [0.25, 0.3) is 88.0 Å². The van der Waals surface area contributed by atoms with Gasteiger partial charge in [0.15, 0.2) is 0 Å². The van der Waals surface area contributed by atoms with Crippen LogP contribution in [0.4, 0.5) is 17.1 Å². The minimum atomic E-state index is -0.169. The van der Waals surface area contributed by atoms with Gasteiger partial charge in [-0.2, -0.15) is 0 Å². The smallest absolute Gasteiger partial charge is 0.242 e. The molecule has 16 rings (SSSR count). The topological polar surface area (TPSA) is 12.5 Å². The second kappa shape index (κ2) is 18.2. The van der Waals surface area contributed by atoms with E-state index in [2.05, 4.69) is 300 Å². The summed E-state index contributed by atoms with van der Waals surface area (Å²) in [7, 11) is 0. The molecule has 0 radical (unpaired) electrons. The molecule has 3 heteroatoms. The Morgan fingerprint density at radius 2 is 0.878 bits per heavy atom. The predicted octanol–water partition coefficient (Wildman–Crippen LogP) is 19.2. The van der Waals surface area contributed by atoms with Gasteiger partial charge in [-0.05, 0) is 149 Å². The minimum absolute atomic E-state index is 0.0947. The quantitative estimate of drug-likeness (QED) is 0.111. The molecule has 0 aromatic heterocycles. The van der Waals surface area contributed by atoms with Crippen LogP contribution in [-0.2, 0) is 10.8 Å². The van der Waals surface area contributed by atoms with Gasteiger partial charge in [0, 0.05) is 44.8 Å². The second-order valence-electron chi connectivity index (χ2n) is 24.0. The lowest BCUT2D eigenvalue weighted by Gasteiger charge is -2.31. The van der Waals surface area contributed by atoms with Gasteiger partial charge in [0.2, 0.25) is 6.71 Å². The summed E-state index contributed by atoms with van der Waals surface area (Å²) in [4.78, 5) is 2.45. The fourth-order valence-electron chi connectivity index (χ4n) is 14.7. The van der Waals surface area contributed by atoms with E-state index in [-0.39, 0.29) is 17.5 Å². The molecule has 2 aliphatic carbocycles. The Balaban J connectivity index is 0.895. The van der Waals surface area contributed by atoms with Gasteiger partial charge >= 0.3 is 0 Å². The Morgan fingerprint density at radius 3 is 1.60 bits per heavy atom. The van der Waals surface area contributed by atoms with Crippen molar-refractivity contribution in [2.75, 3.05) is 4.90 Å². The maximum absolute atomic E-state index is 7.28. The first kappa shape index (κ1) is 48.2. The predicted molar refractivity (Wildman–Crippen MR) is 347 cm³/mol. The lowest BCUT2D eigenvalue weighted by atomic mass is 9.35. The molecular formula is C79H58BNO. The summed E-state index contributed by atoms with van der Waals surface area (Å²) in [5, 5.41) is 7.25. The van der Waals surface area contributed by atoms with Crippen molar-refractivity contribution >= 4 is 72.5 Å². The highest BCUT2D eigenvalue weighted by molar-refractivity contribution is 6.98. The van der Waals surface area contributed by atoms with Crippen LogP contribution in [0, 0.1) is 6.92 Å². The third-order valence-corrected chi connectivity index (χ3v) is 18.6. The van der Waals surface area contributed by atoms with Gasteiger partial charge in [-0.25, -0.2) is 0 Å². The molecule has 0 N–H and O–H groups in total. The van der Waals surface area contributed by atoms with Crippen molar-refractivity contribution in [2.45, 2.75) is 45.4 Å². The number of aryl methyl sites for hydroxylation is 1. The van der Waals surface area contributed by atoms with E-state index < -0.39 is 0 Å². The largest absolute Gasteiger partial charge is 0.456 e. The van der Waals surface area contributed by atoms with Gasteiger partial charge in [0.05, 0.1) is 5.69 Å². The molecular weight excluding hydrogens is 990 g/mol. The second-order valence-corrected chi connectivity index (χ2v) is 24.0. The molecule has 1 aliphatic heterocycles. The van der Waals surface area contributed by atoms with Crippen LogP contribution in [0.3, 0.4) is 0 Å². The van der Waals surface area contributed by atoms with Crippen molar-refractivity contribution in [3.63, 3.8) is 0 Å². The lowest BCUT2D eigenvalue weighted by molar-refractivity contribution is 0.487. The van der Waals surface area contributed by atoms with Gasteiger partial charge in [-0.15, -0.1) is 0 Å². The summed E-state index contributed by atoms with van der Waals surface area (Å²) < 4.78 is 7.28. The van der Waals surface area contributed by atoms with Gasteiger partial charge in [-0.1, -0.05) is 256 Å². The average molecular weight is 1050 g/mol. The summed E-state index contributed by atoms with van der Waals surface area (Å²) in [6.07, 6.45) is 0. The Morgan fingerprint density at radius 1 is 0.329 bits per heavy atom. The molecule has 1 heterocycles. The van der Waals surface area contributed by atoms with Gasteiger partial charge in [0.25, 0.3) is 0 Å². The molecule has 13 aromatic rings. The standard InChI is InChI=1S/C79H58BNO/c1-49-35-42-74(64(43-49)51-23-10-7-11-24-51)81(53-37-40-60-58-28-15-18-32-69(58)79(4,5)71(60)45-53)54-38-41-62-67-47-65-56-26-12-13-29-61(56)73(48-66(65)63-30-20-34-75(77(63)67)82-76(62)46-54)80(72-33-19-16-25-55(72)50-21-8-6-9-22-50)52-36-39-59-57-27-14-17-31-68(57)78(2,3)70(59)44-52/h6-48H,1-5H3. The molecule has 0 saturated carbocycles. The fourth-order valence-corrected chi connectivity index (χ4v) is 14.7. The molecule has 0 bridgehead atoms. The molecule has 0 saturated heterocycles.